The highest BCUT2D eigenvalue weighted by Gasteiger charge is 2.21. The van der Waals surface area contributed by atoms with Crippen molar-refractivity contribution in [1.82, 2.24) is 20.2 Å². The van der Waals surface area contributed by atoms with Crippen LogP contribution < -0.4 is 5.32 Å². The summed E-state index contributed by atoms with van der Waals surface area (Å²) in [4.78, 5) is 22.9. The Morgan fingerprint density at radius 3 is 2.57 bits per heavy atom. The molecule has 0 radical (unpaired) electrons. The molecule has 1 saturated heterocycles. The van der Waals surface area contributed by atoms with Crippen molar-refractivity contribution in [2.45, 2.75) is 32.4 Å². The molecule has 1 amide bonds. The Kier molecular flexibility index (Phi) is 4.98. The lowest BCUT2D eigenvalue weighted by molar-refractivity contribution is 0.0903. The summed E-state index contributed by atoms with van der Waals surface area (Å²) in [5.41, 5.74) is 2.54. The third-order valence-corrected chi connectivity index (χ3v) is 4.19. The lowest BCUT2D eigenvalue weighted by Crippen LogP contribution is -2.44. The molecule has 0 spiro atoms. The van der Waals surface area contributed by atoms with Gasteiger partial charge in [0.15, 0.2) is 0 Å². The van der Waals surface area contributed by atoms with Gasteiger partial charge in [0.25, 0.3) is 5.91 Å². The van der Waals surface area contributed by atoms with E-state index in [1.165, 1.54) is 11.8 Å². The number of carbonyl (C=O) groups excluding carboxylic acids is 1. The smallest absolute Gasteiger partial charge is 0.271 e. The van der Waals surface area contributed by atoms with Crippen LogP contribution in [0.1, 0.15) is 34.6 Å². The van der Waals surface area contributed by atoms with Crippen molar-refractivity contribution in [3.05, 3.63) is 59.7 Å². The number of hydrogen-bond donors (Lipinski definition) is 1. The van der Waals surface area contributed by atoms with Crippen molar-refractivity contribution < 1.29 is 4.79 Å². The molecule has 1 aromatic heterocycles. The number of hydrogen-bond acceptors (Lipinski definition) is 4. The molecule has 120 valence electrons. The molecule has 0 atom stereocenters. The summed E-state index contributed by atoms with van der Waals surface area (Å²) in [6, 6.07) is 10.7. The highest BCUT2D eigenvalue weighted by atomic mass is 16.1. The van der Waals surface area contributed by atoms with Gasteiger partial charge in [-0.2, -0.15) is 0 Å². The number of carbonyl (C=O) groups is 1. The molecule has 0 bridgehead atoms. The van der Waals surface area contributed by atoms with E-state index in [-0.39, 0.29) is 11.9 Å². The molecule has 1 aliphatic heterocycles. The molecule has 3 rings (SSSR count). The van der Waals surface area contributed by atoms with Gasteiger partial charge < -0.3 is 5.32 Å². The van der Waals surface area contributed by atoms with Crippen molar-refractivity contribution in [2.24, 2.45) is 0 Å². The summed E-state index contributed by atoms with van der Waals surface area (Å²) in [6.45, 7) is 4.83. The quantitative estimate of drug-likeness (QED) is 0.940. The molecule has 1 fully saturated rings. The largest absolute Gasteiger partial charge is 0.348 e. The van der Waals surface area contributed by atoms with E-state index in [4.69, 9.17) is 0 Å². The molecule has 2 aromatic rings. The normalized spacial score (nSPS) is 16.2. The van der Waals surface area contributed by atoms with Crippen LogP contribution in [0.4, 0.5) is 0 Å². The van der Waals surface area contributed by atoms with Gasteiger partial charge in [-0.25, -0.2) is 4.98 Å². The van der Waals surface area contributed by atoms with Crippen LogP contribution in [-0.4, -0.2) is 39.9 Å². The molecule has 23 heavy (non-hydrogen) atoms. The number of aromatic nitrogens is 2. The van der Waals surface area contributed by atoms with Crippen molar-refractivity contribution in [3.8, 4) is 0 Å². The van der Waals surface area contributed by atoms with Gasteiger partial charge in [-0.15, -0.1) is 0 Å². The molecule has 5 nitrogen and oxygen atoms in total. The minimum Gasteiger partial charge on any atom is -0.348 e. The van der Waals surface area contributed by atoms with Crippen LogP contribution in [0, 0.1) is 6.92 Å². The maximum Gasteiger partial charge on any atom is 0.271 e. The Labute approximate surface area is 136 Å². The Morgan fingerprint density at radius 1 is 1.17 bits per heavy atom. The third kappa shape index (κ3) is 4.36. The van der Waals surface area contributed by atoms with Crippen molar-refractivity contribution in [2.75, 3.05) is 13.1 Å². The van der Waals surface area contributed by atoms with E-state index in [9.17, 15) is 4.79 Å². The number of benzene rings is 1. The van der Waals surface area contributed by atoms with E-state index in [0.29, 0.717) is 5.69 Å². The van der Waals surface area contributed by atoms with Gasteiger partial charge in [-0.3, -0.25) is 14.7 Å². The molecule has 2 heterocycles. The number of aryl methyl sites for hydroxylation is 1. The first kappa shape index (κ1) is 15.6. The Bertz CT molecular complexity index is 634. The zero-order valence-corrected chi connectivity index (χ0v) is 13.4. The van der Waals surface area contributed by atoms with Gasteiger partial charge in [0.2, 0.25) is 0 Å². The average Bonchev–Trinajstić information content (AvgIpc) is 2.58. The molecular formula is C18H22N4O. The Balaban J connectivity index is 1.47. The fourth-order valence-electron chi connectivity index (χ4n) is 2.85. The van der Waals surface area contributed by atoms with Gasteiger partial charge in [0.1, 0.15) is 5.69 Å². The average molecular weight is 310 g/mol. The van der Waals surface area contributed by atoms with Crippen LogP contribution in [-0.2, 0) is 6.54 Å². The number of piperidine rings is 1. The van der Waals surface area contributed by atoms with Crippen LogP contribution in [0.2, 0.25) is 0 Å². The SMILES string of the molecule is Cc1cnc(C(=O)NC2CCN(Cc3ccccc3)CC2)cn1. The first-order chi connectivity index (χ1) is 11.2. The number of nitrogens with zero attached hydrogens (tertiary/aromatic N) is 3. The minimum atomic E-state index is -0.126. The standard InChI is InChI=1S/C18H22N4O/c1-14-11-20-17(12-19-14)18(23)21-16-7-9-22(10-8-16)13-15-5-3-2-4-6-15/h2-6,11-12,16H,7-10,13H2,1H3,(H,21,23). The molecule has 1 aromatic carbocycles. The molecule has 1 N–H and O–H groups in total. The molecule has 5 heteroatoms. The third-order valence-electron chi connectivity index (χ3n) is 4.19. The summed E-state index contributed by atoms with van der Waals surface area (Å²) in [7, 11) is 0. The second kappa shape index (κ2) is 7.33. The van der Waals surface area contributed by atoms with Gasteiger partial charge in [0.05, 0.1) is 11.9 Å². The zero-order valence-electron chi connectivity index (χ0n) is 13.4. The Hall–Kier alpha value is -2.27. The molecule has 0 unspecified atom stereocenters. The van der Waals surface area contributed by atoms with Crippen LogP contribution in [0.5, 0.6) is 0 Å². The van der Waals surface area contributed by atoms with E-state index in [2.05, 4.69) is 44.5 Å². The highest BCUT2D eigenvalue weighted by molar-refractivity contribution is 5.92. The van der Waals surface area contributed by atoms with E-state index in [1.54, 1.807) is 6.20 Å². The van der Waals surface area contributed by atoms with Crippen molar-refractivity contribution >= 4 is 5.91 Å². The molecule has 0 saturated carbocycles. The van der Waals surface area contributed by atoms with Crippen molar-refractivity contribution in [3.63, 3.8) is 0 Å². The van der Waals surface area contributed by atoms with E-state index in [0.717, 1.165) is 38.2 Å². The fourth-order valence-corrected chi connectivity index (χ4v) is 2.85. The molecular weight excluding hydrogens is 288 g/mol. The predicted octanol–water partition coefficient (Wildman–Crippen LogP) is 2.18. The van der Waals surface area contributed by atoms with Gasteiger partial charge in [-0.1, -0.05) is 30.3 Å². The summed E-state index contributed by atoms with van der Waals surface area (Å²) in [5.74, 6) is -0.126. The first-order valence-corrected chi connectivity index (χ1v) is 8.06. The summed E-state index contributed by atoms with van der Waals surface area (Å²) >= 11 is 0. The zero-order chi connectivity index (χ0) is 16.1. The van der Waals surface area contributed by atoms with E-state index < -0.39 is 0 Å². The fraction of sp³-hybridized carbons (Fsp3) is 0.389. The van der Waals surface area contributed by atoms with Crippen molar-refractivity contribution in [1.29, 1.82) is 0 Å². The second-order valence-electron chi connectivity index (χ2n) is 6.05. The lowest BCUT2D eigenvalue weighted by atomic mass is 10.0. The Morgan fingerprint density at radius 2 is 1.91 bits per heavy atom. The number of nitrogens with one attached hydrogen (secondary N) is 1. The minimum absolute atomic E-state index is 0.126. The maximum absolute atomic E-state index is 12.2. The summed E-state index contributed by atoms with van der Waals surface area (Å²) < 4.78 is 0. The summed E-state index contributed by atoms with van der Waals surface area (Å²) in [5, 5.41) is 3.07. The van der Waals surface area contributed by atoms with Gasteiger partial charge >= 0.3 is 0 Å². The highest BCUT2D eigenvalue weighted by Crippen LogP contribution is 2.14. The first-order valence-electron chi connectivity index (χ1n) is 8.06. The monoisotopic (exact) mass is 310 g/mol. The van der Waals surface area contributed by atoms with Crippen LogP contribution in [0.3, 0.4) is 0 Å². The van der Waals surface area contributed by atoms with Crippen LogP contribution >= 0.6 is 0 Å². The lowest BCUT2D eigenvalue weighted by Gasteiger charge is -2.32. The van der Waals surface area contributed by atoms with Gasteiger partial charge in [0, 0.05) is 31.9 Å². The number of amides is 1. The topological polar surface area (TPSA) is 58.1 Å². The summed E-state index contributed by atoms with van der Waals surface area (Å²) in [6.07, 6.45) is 5.10. The van der Waals surface area contributed by atoms with Gasteiger partial charge in [-0.05, 0) is 25.3 Å². The van der Waals surface area contributed by atoms with E-state index in [1.807, 2.05) is 13.0 Å². The van der Waals surface area contributed by atoms with E-state index >= 15 is 0 Å². The second-order valence-corrected chi connectivity index (χ2v) is 6.05. The van der Waals surface area contributed by atoms with Crippen LogP contribution in [0.15, 0.2) is 42.7 Å². The predicted molar refractivity (Wildman–Crippen MR) is 89.0 cm³/mol. The number of rotatable bonds is 4. The number of likely N-dealkylation sites (tertiary alicyclic amines) is 1. The maximum atomic E-state index is 12.2. The molecule has 0 aliphatic carbocycles. The van der Waals surface area contributed by atoms with Crippen LogP contribution in [0.25, 0.3) is 0 Å². The molecule has 1 aliphatic rings.